The van der Waals surface area contributed by atoms with Crippen molar-refractivity contribution in [3.05, 3.63) is 0 Å². The molecule has 3 unspecified atom stereocenters. The molecule has 0 amide bonds. The minimum atomic E-state index is -0.559. The minimum absolute atomic E-state index is 0.197. The number of ether oxygens (including phenoxy) is 2. The lowest BCUT2D eigenvalue weighted by Crippen LogP contribution is -2.39. The molecule has 1 rings (SSSR count). The van der Waals surface area contributed by atoms with Gasteiger partial charge in [-0.25, -0.2) is 0 Å². The number of hydrogen-bond acceptors (Lipinski definition) is 3. The fourth-order valence-electron chi connectivity index (χ4n) is 2.96. The van der Waals surface area contributed by atoms with Gasteiger partial charge in [0.05, 0.1) is 25.2 Å². The van der Waals surface area contributed by atoms with Crippen molar-refractivity contribution in [2.75, 3.05) is 13.7 Å². The quantitative estimate of drug-likeness (QED) is 0.715. The van der Waals surface area contributed by atoms with Crippen molar-refractivity contribution in [1.29, 1.82) is 0 Å². The molecular weight excluding hydrogens is 240 g/mol. The number of rotatable bonds is 5. The Morgan fingerprint density at radius 3 is 2.47 bits per heavy atom. The van der Waals surface area contributed by atoms with Crippen LogP contribution in [0.3, 0.4) is 0 Å². The second-order valence-corrected chi connectivity index (χ2v) is 7.05. The van der Waals surface area contributed by atoms with E-state index in [4.69, 9.17) is 9.47 Å². The third kappa shape index (κ3) is 4.48. The van der Waals surface area contributed by atoms with Gasteiger partial charge in [0.25, 0.3) is 0 Å². The Labute approximate surface area is 118 Å². The largest absolute Gasteiger partial charge is 0.469 e. The van der Waals surface area contributed by atoms with Gasteiger partial charge in [-0.2, -0.15) is 0 Å². The number of esters is 1. The Kier molecular flexibility index (Phi) is 5.84. The summed E-state index contributed by atoms with van der Waals surface area (Å²) < 4.78 is 10.9. The van der Waals surface area contributed by atoms with Gasteiger partial charge in [0, 0.05) is 0 Å². The van der Waals surface area contributed by atoms with Crippen molar-refractivity contribution in [2.24, 2.45) is 23.2 Å². The fraction of sp³-hybridized carbons (Fsp3) is 0.938. The van der Waals surface area contributed by atoms with Crippen LogP contribution in [0.5, 0.6) is 0 Å². The van der Waals surface area contributed by atoms with E-state index >= 15 is 0 Å². The maximum absolute atomic E-state index is 11.7. The number of carbonyl (C=O) groups is 1. The van der Waals surface area contributed by atoms with Crippen molar-refractivity contribution >= 4 is 5.97 Å². The van der Waals surface area contributed by atoms with Crippen LogP contribution in [-0.2, 0) is 14.3 Å². The van der Waals surface area contributed by atoms with Gasteiger partial charge in [-0.15, -0.1) is 0 Å². The molecule has 0 spiro atoms. The van der Waals surface area contributed by atoms with Gasteiger partial charge in [-0.05, 0) is 44.4 Å². The van der Waals surface area contributed by atoms with E-state index in [1.807, 2.05) is 13.8 Å². The summed E-state index contributed by atoms with van der Waals surface area (Å²) >= 11 is 0. The molecule has 3 atom stereocenters. The van der Waals surface area contributed by atoms with Gasteiger partial charge in [-0.1, -0.05) is 27.2 Å². The Morgan fingerprint density at radius 2 is 1.95 bits per heavy atom. The number of methoxy groups -OCH3 is 1. The smallest absolute Gasteiger partial charge is 0.313 e. The van der Waals surface area contributed by atoms with Crippen molar-refractivity contribution in [3.63, 3.8) is 0 Å². The molecule has 0 aromatic carbocycles. The van der Waals surface area contributed by atoms with Crippen LogP contribution >= 0.6 is 0 Å². The monoisotopic (exact) mass is 270 g/mol. The van der Waals surface area contributed by atoms with Crippen LogP contribution in [0.2, 0.25) is 0 Å². The summed E-state index contributed by atoms with van der Waals surface area (Å²) in [5.41, 5.74) is -0.559. The lowest BCUT2D eigenvalue weighted by atomic mass is 9.75. The Hall–Kier alpha value is -0.570. The molecule has 0 aliphatic heterocycles. The molecule has 0 radical (unpaired) electrons. The first-order chi connectivity index (χ1) is 8.77. The Bertz CT molecular complexity index is 296. The van der Waals surface area contributed by atoms with Crippen LogP contribution < -0.4 is 0 Å². The van der Waals surface area contributed by atoms with E-state index in [1.165, 1.54) is 20.0 Å². The molecule has 1 fully saturated rings. The molecule has 1 saturated carbocycles. The standard InChI is InChI=1S/C16H30O3/c1-11(2)13-8-7-12(3)9-14(13)19-10-16(4,5)15(17)18-6/h11-14H,7-10H2,1-6H3. The van der Waals surface area contributed by atoms with Gasteiger partial charge in [0.2, 0.25) is 0 Å². The molecular formula is C16H30O3. The highest BCUT2D eigenvalue weighted by Gasteiger charge is 2.35. The average Bonchev–Trinajstić information content (AvgIpc) is 2.35. The zero-order valence-electron chi connectivity index (χ0n) is 13.4. The van der Waals surface area contributed by atoms with Crippen molar-refractivity contribution < 1.29 is 14.3 Å². The predicted molar refractivity (Wildman–Crippen MR) is 76.9 cm³/mol. The molecule has 0 aromatic rings. The highest BCUT2D eigenvalue weighted by molar-refractivity contribution is 5.75. The molecule has 0 N–H and O–H groups in total. The van der Waals surface area contributed by atoms with E-state index < -0.39 is 5.41 Å². The topological polar surface area (TPSA) is 35.5 Å². The first kappa shape index (κ1) is 16.5. The summed E-state index contributed by atoms with van der Waals surface area (Å²) in [4.78, 5) is 11.7. The molecule has 0 bridgehead atoms. The van der Waals surface area contributed by atoms with Crippen molar-refractivity contribution in [2.45, 2.75) is 60.0 Å². The lowest BCUT2D eigenvalue weighted by molar-refractivity contribution is -0.157. The molecule has 0 aromatic heterocycles. The van der Waals surface area contributed by atoms with E-state index in [9.17, 15) is 4.79 Å². The zero-order valence-corrected chi connectivity index (χ0v) is 13.4. The van der Waals surface area contributed by atoms with E-state index in [0.717, 1.165) is 12.3 Å². The van der Waals surface area contributed by atoms with Gasteiger partial charge in [0.1, 0.15) is 0 Å². The SMILES string of the molecule is COC(=O)C(C)(C)COC1CC(C)CCC1C(C)C. The van der Waals surface area contributed by atoms with Crippen LogP contribution in [0, 0.1) is 23.2 Å². The molecule has 0 heterocycles. The second-order valence-electron chi connectivity index (χ2n) is 7.05. The fourth-order valence-corrected chi connectivity index (χ4v) is 2.96. The van der Waals surface area contributed by atoms with Gasteiger partial charge >= 0.3 is 5.97 Å². The second kappa shape index (κ2) is 6.74. The number of carbonyl (C=O) groups excluding carboxylic acids is 1. The van der Waals surface area contributed by atoms with Crippen LogP contribution in [0.15, 0.2) is 0 Å². The molecule has 1 aliphatic rings. The third-order valence-electron chi connectivity index (χ3n) is 4.36. The van der Waals surface area contributed by atoms with E-state index in [1.54, 1.807) is 0 Å². The highest BCUT2D eigenvalue weighted by Crippen LogP contribution is 2.36. The normalized spacial score (nSPS) is 28.5. The molecule has 3 nitrogen and oxygen atoms in total. The summed E-state index contributed by atoms with van der Waals surface area (Å²) in [6.07, 6.45) is 3.93. The molecule has 3 heteroatoms. The molecule has 1 aliphatic carbocycles. The highest BCUT2D eigenvalue weighted by atomic mass is 16.5. The predicted octanol–water partition coefficient (Wildman–Crippen LogP) is 3.66. The summed E-state index contributed by atoms with van der Waals surface area (Å²) in [6.45, 7) is 11.0. The Morgan fingerprint density at radius 1 is 1.32 bits per heavy atom. The van der Waals surface area contributed by atoms with Crippen molar-refractivity contribution in [3.8, 4) is 0 Å². The first-order valence-electron chi connectivity index (χ1n) is 7.48. The maximum atomic E-state index is 11.7. The van der Waals surface area contributed by atoms with E-state index in [0.29, 0.717) is 18.4 Å². The maximum Gasteiger partial charge on any atom is 0.313 e. The van der Waals surface area contributed by atoms with Crippen LogP contribution in [0.25, 0.3) is 0 Å². The molecule has 112 valence electrons. The van der Waals surface area contributed by atoms with Gasteiger partial charge in [0.15, 0.2) is 0 Å². The zero-order chi connectivity index (χ0) is 14.6. The summed E-state index contributed by atoms with van der Waals surface area (Å²) in [6, 6.07) is 0. The summed E-state index contributed by atoms with van der Waals surface area (Å²) in [5.74, 6) is 1.78. The van der Waals surface area contributed by atoms with Gasteiger partial charge < -0.3 is 9.47 Å². The van der Waals surface area contributed by atoms with E-state index in [2.05, 4.69) is 20.8 Å². The first-order valence-corrected chi connectivity index (χ1v) is 7.48. The molecule has 0 saturated heterocycles. The van der Waals surface area contributed by atoms with Gasteiger partial charge in [-0.3, -0.25) is 4.79 Å². The van der Waals surface area contributed by atoms with E-state index in [-0.39, 0.29) is 12.1 Å². The lowest BCUT2D eigenvalue weighted by Gasteiger charge is -2.38. The van der Waals surface area contributed by atoms with Crippen LogP contribution in [-0.4, -0.2) is 25.8 Å². The number of hydrogen-bond donors (Lipinski definition) is 0. The molecule has 19 heavy (non-hydrogen) atoms. The van der Waals surface area contributed by atoms with Crippen molar-refractivity contribution in [1.82, 2.24) is 0 Å². The Balaban J connectivity index is 2.59. The summed E-state index contributed by atoms with van der Waals surface area (Å²) in [7, 11) is 1.43. The van der Waals surface area contributed by atoms with Crippen LogP contribution in [0.4, 0.5) is 0 Å². The van der Waals surface area contributed by atoms with Crippen LogP contribution in [0.1, 0.15) is 53.9 Å². The average molecular weight is 270 g/mol. The summed E-state index contributed by atoms with van der Waals surface area (Å²) in [5, 5.41) is 0. The third-order valence-corrected chi connectivity index (χ3v) is 4.36. The minimum Gasteiger partial charge on any atom is -0.469 e.